The lowest BCUT2D eigenvalue weighted by Crippen LogP contribution is -3.11. The molecule has 0 amide bonds. The van der Waals surface area contributed by atoms with Crippen LogP contribution in [0.2, 0.25) is 0 Å². The summed E-state index contributed by atoms with van der Waals surface area (Å²) >= 11 is 0. The van der Waals surface area contributed by atoms with Gasteiger partial charge in [-0.3, -0.25) is 4.79 Å². The van der Waals surface area contributed by atoms with Crippen LogP contribution in [-0.4, -0.2) is 50.1 Å². The number of hydrogen-bond donors (Lipinski definition) is 3. The second-order valence-electron chi connectivity index (χ2n) is 7.85. The van der Waals surface area contributed by atoms with Crippen molar-refractivity contribution in [3.63, 3.8) is 0 Å². The van der Waals surface area contributed by atoms with Gasteiger partial charge in [0, 0.05) is 17.3 Å². The molecule has 4 rings (SSSR count). The number of rotatable bonds is 11. The minimum absolute atomic E-state index is 0.0223. The van der Waals surface area contributed by atoms with Gasteiger partial charge in [-0.2, -0.15) is 0 Å². The van der Waals surface area contributed by atoms with E-state index in [0.717, 1.165) is 33.7 Å². The fraction of sp³-hybridized carbons (Fsp3) is 0.391. The summed E-state index contributed by atoms with van der Waals surface area (Å²) in [5, 5.41) is 22.9. The largest absolute Gasteiger partial charge is 0.494 e. The van der Waals surface area contributed by atoms with Gasteiger partial charge < -0.3 is 24.1 Å². The first-order valence-corrected chi connectivity index (χ1v) is 11.2. The summed E-state index contributed by atoms with van der Waals surface area (Å²) in [6, 6.07) is 11.1. The van der Waals surface area contributed by atoms with E-state index < -0.39 is 0 Å². The van der Waals surface area contributed by atoms with Gasteiger partial charge in [-0.05, 0) is 53.7 Å². The SMILES string of the molecule is CCOc1ccc2[nH]c(=O)c(C[NH+](CCO)[C@@H](CC)c3nnnn3Cc3ccco3)cc2c1. The molecule has 0 saturated carbocycles. The number of aliphatic hydroxyl groups excluding tert-OH is 1. The average molecular weight is 454 g/mol. The molecule has 3 N–H and O–H groups in total. The maximum absolute atomic E-state index is 12.8. The molecular weight excluding hydrogens is 424 g/mol. The molecule has 0 aliphatic rings. The molecule has 0 aliphatic heterocycles. The van der Waals surface area contributed by atoms with Crippen LogP contribution in [0.15, 0.2) is 51.9 Å². The molecule has 10 heteroatoms. The number of furan rings is 1. The highest BCUT2D eigenvalue weighted by Crippen LogP contribution is 2.19. The van der Waals surface area contributed by atoms with Crippen molar-refractivity contribution in [3.8, 4) is 5.75 Å². The van der Waals surface area contributed by atoms with E-state index in [1.54, 1.807) is 10.9 Å². The Hall–Kier alpha value is -3.50. The standard InChI is InChI=1S/C23H28N6O4/c1-3-21(22-25-26-27-29(22)15-19-6-5-11-33-19)28(9-10-30)14-17-12-16-13-18(32-4-2)7-8-20(16)24-23(17)31/h5-8,11-13,21,30H,3-4,9-10,14-15H2,1-2H3,(H,24,31)/p+1/t21-/m0/s1. The minimum Gasteiger partial charge on any atom is -0.494 e. The maximum Gasteiger partial charge on any atom is 0.257 e. The molecule has 0 saturated heterocycles. The summed E-state index contributed by atoms with van der Waals surface area (Å²) in [6.45, 7) is 5.80. The smallest absolute Gasteiger partial charge is 0.257 e. The number of nitrogens with zero attached hydrogens (tertiary/aromatic N) is 4. The lowest BCUT2D eigenvalue weighted by molar-refractivity contribution is -0.946. The van der Waals surface area contributed by atoms with Crippen LogP contribution in [-0.2, 0) is 13.1 Å². The molecule has 174 valence electrons. The number of fused-ring (bicyclic) bond motifs is 1. The number of pyridine rings is 1. The Morgan fingerprint density at radius 1 is 1.27 bits per heavy atom. The Morgan fingerprint density at radius 3 is 2.88 bits per heavy atom. The van der Waals surface area contributed by atoms with Crippen molar-refractivity contribution in [1.29, 1.82) is 0 Å². The molecule has 0 fully saturated rings. The Balaban J connectivity index is 1.64. The molecule has 0 aliphatic carbocycles. The molecule has 0 spiro atoms. The first-order valence-electron chi connectivity index (χ1n) is 11.2. The maximum atomic E-state index is 12.8. The van der Waals surface area contributed by atoms with Gasteiger partial charge >= 0.3 is 0 Å². The summed E-state index contributed by atoms with van der Waals surface area (Å²) in [4.78, 5) is 16.8. The fourth-order valence-corrected chi connectivity index (χ4v) is 4.17. The van der Waals surface area contributed by atoms with Crippen molar-refractivity contribution in [2.24, 2.45) is 0 Å². The van der Waals surface area contributed by atoms with Gasteiger partial charge in [-0.25, -0.2) is 4.68 Å². The van der Waals surface area contributed by atoms with Crippen LogP contribution in [0.3, 0.4) is 0 Å². The summed E-state index contributed by atoms with van der Waals surface area (Å²) in [6.07, 6.45) is 2.34. The second kappa shape index (κ2) is 10.4. The van der Waals surface area contributed by atoms with Crippen LogP contribution in [0.5, 0.6) is 5.75 Å². The van der Waals surface area contributed by atoms with Gasteiger partial charge in [0.2, 0.25) is 5.82 Å². The first-order chi connectivity index (χ1) is 16.1. The summed E-state index contributed by atoms with van der Waals surface area (Å²) in [7, 11) is 0. The monoisotopic (exact) mass is 453 g/mol. The van der Waals surface area contributed by atoms with Gasteiger partial charge in [0.25, 0.3) is 5.56 Å². The number of aromatic amines is 1. The highest BCUT2D eigenvalue weighted by atomic mass is 16.5. The quantitative estimate of drug-likeness (QED) is 0.311. The summed E-state index contributed by atoms with van der Waals surface area (Å²) < 4.78 is 12.8. The molecule has 10 nitrogen and oxygen atoms in total. The highest BCUT2D eigenvalue weighted by molar-refractivity contribution is 5.80. The molecule has 0 radical (unpaired) electrons. The number of tetrazole rings is 1. The number of ether oxygens (including phenoxy) is 1. The molecule has 2 atom stereocenters. The normalized spacial score (nSPS) is 13.3. The number of hydrogen-bond acceptors (Lipinski definition) is 7. The van der Waals surface area contributed by atoms with E-state index in [-0.39, 0.29) is 18.2 Å². The third-order valence-corrected chi connectivity index (χ3v) is 5.71. The van der Waals surface area contributed by atoms with Gasteiger partial charge in [0.05, 0.1) is 25.0 Å². The molecule has 1 unspecified atom stereocenters. The van der Waals surface area contributed by atoms with Crippen LogP contribution < -0.4 is 15.2 Å². The Morgan fingerprint density at radius 2 is 2.15 bits per heavy atom. The number of H-pyrrole nitrogens is 1. The second-order valence-corrected chi connectivity index (χ2v) is 7.85. The predicted molar refractivity (Wildman–Crippen MR) is 121 cm³/mol. The molecule has 0 bridgehead atoms. The van der Waals surface area contributed by atoms with E-state index in [0.29, 0.717) is 37.6 Å². The van der Waals surface area contributed by atoms with Gasteiger partial charge in [-0.15, -0.1) is 5.10 Å². The van der Waals surface area contributed by atoms with Crippen molar-refractivity contribution in [1.82, 2.24) is 25.2 Å². The predicted octanol–water partition coefficient (Wildman–Crippen LogP) is 1.08. The van der Waals surface area contributed by atoms with Crippen molar-refractivity contribution in [2.45, 2.75) is 39.4 Å². The van der Waals surface area contributed by atoms with Gasteiger partial charge in [0.15, 0.2) is 0 Å². The number of aliphatic hydroxyl groups is 1. The van der Waals surface area contributed by atoms with Crippen LogP contribution in [0.4, 0.5) is 0 Å². The van der Waals surface area contributed by atoms with Crippen LogP contribution >= 0.6 is 0 Å². The number of quaternary nitrogens is 1. The zero-order valence-corrected chi connectivity index (χ0v) is 18.8. The van der Waals surface area contributed by atoms with Gasteiger partial charge in [0.1, 0.15) is 37.2 Å². The van der Waals surface area contributed by atoms with Gasteiger partial charge in [-0.1, -0.05) is 6.92 Å². The van der Waals surface area contributed by atoms with Crippen LogP contribution in [0.25, 0.3) is 10.9 Å². The summed E-state index contributed by atoms with van der Waals surface area (Å²) in [5.41, 5.74) is 1.24. The zero-order chi connectivity index (χ0) is 23.2. The number of nitrogens with one attached hydrogen (secondary N) is 2. The molecule has 33 heavy (non-hydrogen) atoms. The Kier molecular flexibility index (Phi) is 7.16. The molecule has 3 heterocycles. The third-order valence-electron chi connectivity index (χ3n) is 5.71. The van der Waals surface area contributed by atoms with Crippen molar-refractivity contribution >= 4 is 10.9 Å². The fourth-order valence-electron chi connectivity index (χ4n) is 4.17. The van der Waals surface area contributed by atoms with Crippen LogP contribution in [0.1, 0.15) is 43.5 Å². The summed E-state index contributed by atoms with van der Waals surface area (Å²) in [5.74, 6) is 2.19. The topological polar surface area (TPSA) is 124 Å². The molecule has 1 aromatic carbocycles. The third kappa shape index (κ3) is 5.12. The highest BCUT2D eigenvalue weighted by Gasteiger charge is 2.29. The molecule has 4 aromatic rings. The van der Waals surface area contributed by atoms with E-state index >= 15 is 0 Å². The Bertz CT molecular complexity index is 1230. The molecular formula is C23H29N6O4+. The van der Waals surface area contributed by atoms with Crippen LogP contribution in [0, 0.1) is 0 Å². The minimum atomic E-state index is -0.146. The van der Waals surface area contributed by atoms with E-state index in [2.05, 4.69) is 20.5 Å². The number of aromatic nitrogens is 5. The van der Waals surface area contributed by atoms with Crippen molar-refractivity contribution in [2.75, 3.05) is 19.8 Å². The number of benzene rings is 1. The Labute approximate surface area is 190 Å². The lowest BCUT2D eigenvalue weighted by Gasteiger charge is -2.26. The van der Waals surface area contributed by atoms with E-state index in [1.165, 1.54) is 0 Å². The van der Waals surface area contributed by atoms with E-state index in [9.17, 15) is 9.90 Å². The lowest BCUT2D eigenvalue weighted by atomic mass is 10.1. The molecule has 3 aromatic heterocycles. The average Bonchev–Trinajstić information content (AvgIpc) is 3.48. The van der Waals surface area contributed by atoms with Crippen molar-refractivity contribution in [3.05, 3.63) is 70.2 Å². The first kappa shape index (κ1) is 22.7. The van der Waals surface area contributed by atoms with Crippen molar-refractivity contribution < 1.29 is 19.2 Å². The van der Waals surface area contributed by atoms with E-state index in [1.807, 2.05) is 50.2 Å². The zero-order valence-electron chi connectivity index (χ0n) is 18.8. The van der Waals surface area contributed by atoms with E-state index in [4.69, 9.17) is 9.15 Å².